The van der Waals surface area contributed by atoms with E-state index in [9.17, 15) is 14.7 Å². The van der Waals surface area contributed by atoms with Crippen molar-refractivity contribution in [3.05, 3.63) is 95.2 Å². The number of hydrogen-bond acceptors (Lipinski definition) is 5. The number of aromatic carboxylic acids is 1. The molecule has 0 saturated carbocycles. The van der Waals surface area contributed by atoms with Gasteiger partial charge in [0, 0.05) is 23.1 Å². The first kappa shape index (κ1) is 21.5. The number of nitrogens with zero attached hydrogens (tertiary/aromatic N) is 1. The maximum absolute atomic E-state index is 13.3. The third-order valence-electron chi connectivity index (χ3n) is 5.49. The van der Waals surface area contributed by atoms with Crippen LogP contribution in [0.1, 0.15) is 41.3 Å². The van der Waals surface area contributed by atoms with Gasteiger partial charge in [-0.1, -0.05) is 68.4 Å². The molecule has 0 bridgehead atoms. The zero-order valence-corrected chi connectivity index (χ0v) is 18.4. The highest BCUT2D eigenvalue weighted by Gasteiger charge is 2.39. The number of benzene rings is 2. The summed E-state index contributed by atoms with van der Waals surface area (Å²) in [6, 6.07) is 18.8. The number of aromatic nitrogens is 1. The number of hydrogen-bond donors (Lipinski definition) is 2. The highest BCUT2D eigenvalue weighted by atomic mass is 32.1. The first-order chi connectivity index (χ1) is 15.4. The van der Waals surface area contributed by atoms with Gasteiger partial charge in [0.1, 0.15) is 11.3 Å². The van der Waals surface area contributed by atoms with Gasteiger partial charge in [0.15, 0.2) is 5.13 Å². The minimum Gasteiger partial charge on any atom is -0.478 e. The van der Waals surface area contributed by atoms with E-state index in [1.54, 1.807) is 6.20 Å². The SMILES string of the molecule is CC(C)(C(=O)Nc1nccs1)[C@@H](c1ccccc1)c1ccc(-c2occc2C(=O)O)cc1. The van der Waals surface area contributed by atoms with Crippen LogP contribution >= 0.6 is 11.3 Å². The fourth-order valence-electron chi connectivity index (χ4n) is 3.87. The molecule has 1 amide bonds. The number of carboxylic acids is 1. The molecule has 0 spiro atoms. The van der Waals surface area contributed by atoms with Gasteiger partial charge < -0.3 is 14.8 Å². The van der Waals surface area contributed by atoms with Crippen molar-refractivity contribution in [3.8, 4) is 11.3 Å². The molecule has 2 aromatic heterocycles. The zero-order valence-electron chi connectivity index (χ0n) is 17.6. The van der Waals surface area contributed by atoms with Crippen LogP contribution in [0.3, 0.4) is 0 Å². The van der Waals surface area contributed by atoms with E-state index in [0.717, 1.165) is 11.1 Å². The van der Waals surface area contributed by atoms with Gasteiger partial charge in [0.25, 0.3) is 0 Å². The molecule has 4 rings (SSSR count). The van der Waals surface area contributed by atoms with Crippen molar-refractivity contribution in [2.24, 2.45) is 5.41 Å². The van der Waals surface area contributed by atoms with E-state index in [2.05, 4.69) is 10.3 Å². The average Bonchev–Trinajstić information content (AvgIpc) is 3.47. The predicted molar refractivity (Wildman–Crippen MR) is 124 cm³/mol. The number of carbonyl (C=O) groups excluding carboxylic acids is 1. The first-order valence-electron chi connectivity index (χ1n) is 10.0. The summed E-state index contributed by atoms with van der Waals surface area (Å²) >= 11 is 1.37. The molecule has 2 aromatic carbocycles. The van der Waals surface area contributed by atoms with Gasteiger partial charge in [-0.25, -0.2) is 9.78 Å². The van der Waals surface area contributed by atoms with E-state index in [1.807, 2.05) is 73.8 Å². The third kappa shape index (κ3) is 4.20. The van der Waals surface area contributed by atoms with E-state index in [1.165, 1.54) is 23.7 Å². The number of thiazole rings is 1. The van der Waals surface area contributed by atoms with Crippen molar-refractivity contribution in [1.29, 1.82) is 0 Å². The smallest absolute Gasteiger partial charge is 0.339 e. The fraction of sp³-hybridized carbons (Fsp3) is 0.160. The highest BCUT2D eigenvalue weighted by molar-refractivity contribution is 7.13. The lowest BCUT2D eigenvalue weighted by Crippen LogP contribution is -2.37. The molecule has 2 N–H and O–H groups in total. The minimum absolute atomic E-state index is 0.112. The molecule has 0 fully saturated rings. The number of furan rings is 1. The molecule has 0 aliphatic carbocycles. The van der Waals surface area contributed by atoms with E-state index in [4.69, 9.17) is 4.42 Å². The lowest BCUT2D eigenvalue weighted by molar-refractivity contribution is -0.124. The molecule has 1 atom stereocenters. The van der Waals surface area contributed by atoms with E-state index >= 15 is 0 Å². The van der Waals surface area contributed by atoms with E-state index in [-0.39, 0.29) is 17.4 Å². The van der Waals surface area contributed by atoms with Crippen molar-refractivity contribution < 1.29 is 19.1 Å². The molecule has 32 heavy (non-hydrogen) atoms. The van der Waals surface area contributed by atoms with Crippen LogP contribution in [0.15, 0.2) is 82.9 Å². The standard InChI is InChI=1S/C25H22N2O4S/c1-25(2,23(30)27-24-26-13-15-32-24)20(16-6-4-3-5-7-16)17-8-10-18(11-9-17)21-19(22(28)29)12-14-31-21/h3-15,20H,1-2H3,(H,28,29)(H,26,27,30)/t20-/m0/s1. The van der Waals surface area contributed by atoms with E-state index in [0.29, 0.717) is 16.5 Å². The molecule has 0 radical (unpaired) electrons. The van der Waals surface area contributed by atoms with Gasteiger partial charge in [-0.05, 0) is 17.2 Å². The molecule has 0 unspecified atom stereocenters. The van der Waals surface area contributed by atoms with Gasteiger partial charge in [0.2, 0.25) is 5.91 Å². The Hall–Kier alpha value is -3.71. The molecule has 4 aromatic rings. The molecular weight excluding hydrogens is 424 g/mol. The van der Waals surface area contributed by atoms with Crippen LogP contribution in [0.4, 0.5) is 5.13 Å². The summed E-state index contributed by atoms with van der Waals surface area (Å²) in [5, 5.41) is 14.7. The predicted octanol–water partition coefficient (Wildman–Crippen LogP) is 5.90. The van der Waals surface area contributed by atoms with Crippen LogP contribution in [0, 0.1) is 5.41 Å². The Bertz CT molecular complexity index is 1210. The molecule has 162 valence electrons. The summed E-state index contributed by atoms with van der Waals surface area (Å²) in [5.74, 6) is -1.11. The molecule has 0 aliphatic heterocycles. The van der Waals surface area contributed by atoms with Gasteiger partial charge in [-0.2, -0.15) is 0 Å². The maximum atomic E-state index is 13.3. The van der Waals surface area contributed by atoms with Gasteiger partial charge in [-0.15, -0.1) is 11.3 Å². The Morgan fingerprint density at radius 2 is 1.72 bits per heavy atom. The first-order valence-corrected chi connectivity index (χ1v) is 10.9. The molecule has 0 saturated heterocycles. The summed E-state index contributed by atoms with van der Waals surface area (Å²) < 4.78 is 5.41. The van der Waals surface area contributed by atoms with Crippen molar-refractivity contribution in [1.82, 2.24) is 4.98 Å². The van der Waals surface area contributed by atoms with Crippen LogP contribution in [0.2, 0.25) is 0 Å². The minimum atomic E-state index is -1.04. The molecule has 6 nitrogen and oxygen atoms in total. The van der Waals surface area contributed by atoms with Crippen molar-refractivity contribution >= 4 is 28.3 Å². The van der Waals surface area contributed by atoms with Crippen molar-refractivity contribution in [3.63, 3.8) is 0 Å². The van der Waals surface area contributed by atoms with Crippen LogP contribution in [-0.4, -0.2) is 22.0 Å². The molecule has 7 heteroatoms. The van der Waals surface area contributed by atoms with Crippen LogP contribution < -0.4 is 5.32 Å². The third-order valence-corrected chi connectivity index (χ3v) is 6.18. The average molecular weight is 447 g/mol. The highest BCUT2D eigenvalue weighted by Crippen LogP contribution is 2.42. The second kappa shape index (κ2) is 8.80. The van der Waals surface area contributed by atoms with Gasteiger partial charge in [-0.3, -0.25) is 4.79 Å². The van der Waals surface area contributed by atoms with Crippen molar-refractivity contribution in [2.45, 2.75) is 19.8 Å². The largest absolute Gasteiger partial charge is 0.478 e. The van der Waals surface area contributed by atoms with Crippen molar-refractivity contribution in [2.75, 3.05) is 5.32 Å². The zero-order chi connectivity index (χ0) is 22.7. The fourth-order valence-corrected chi connectivity index (χ4v) is 4.40. The molecule has 2 heterocycles. The summed E-state index contributed by atoms with van der Waals surface area (Å²) in [7, 11) is 0. The number of nitrogens with one attached hydrogen (secondary N) is 1. The summed E-state index contributed by atoms with van der Waals surface area (Å²) in [6.45, 7) is 3.83. The number of rotatable bonds is 7. The second-order valence-corrected chi connectivity index (χ2v) is 8.84. The Labute approximate surface area is 189 Å². The topological polar surface area (TPSA) is 92.4 Å². The summed E-state index contributed by atoms with van der Waals surface area (Å²) in [4.78, 5) is 28.9. The molecule has 0 aliphatic rings. The van der Waals surface area contributed by atoms with Gasteiger partial charge in [0.05, 0.1) is 11.7 Å². The van der Waals surface area contributed by atoms with Crippen LogP contribution in [-0.2, 0) is 4.79 Å². The number of anilines is 1. The number of carbonyl (C=O) groups is 2. The summed E-state index contributed by atoms with van der Waals surface area (Å²) in [6.07, 6.45) is 3.02. The van der Waals surface area contributed by atoms with E-state index < -0.39 is 11.4 Å². The maximum Gasteiger partial charge on any atom is 0.339 e. The lowest BCUT2D eigenvalue weighted by atomic mass is 9.70. The normalized spacial score (nSPS) is 12.3. The van der Waals surface area contributed by atoms with Crippen LogP contribution in [0.25, 0.3) is 11.3 Å². The monoisotopic (exact) mass is 446 g/mol. The molecular formula is C25H22N2O4S. The number of carboxylic acid groups (broad SMARTS) is 1. The summed E-state index contributed by atoms with van der Waals surface area (Å²) in [5.41, 5.74) is 1.91. The second-order valence-electron chi connectivity index (χ2n) is 7.95. The lowest BCUT2D eigenvalue weighted by Gasteiger charge is -2.34. The quantitative estimate of drug-likeness (QED) is 0.369. The Kier molecular flexibility index (Phi) is 5.92. The van der Waals surface area contributed by atoms with Crippen LogP contribution in [0.5, 0.6) is 0 Å². The Morgan fingerprint density at radius 1 is 1.03 bits per heavy atom. The number of amides is 1. The van der Waals surface area contributed by atoms with Gasteiger partial charge >= 0.3 is 5.97 Å². The Balaban J connectivity index is 1.72. The Morgan fingerprint density at radius 3 is 2.34 bits per heavy atom.